The van der Waals surface area contributed by atoms with E-state index >= 15 is 0 Å². The van der Waals surface area contributed by atoms with Crippen LogP contribution in [0.2, 0.25) is 0 Å². The van der Waals surface area contributed by atoms with Crippen LogP contribution in [-0.2, 0) is 13.0 Å². The van der Waals surface area contributed by atoms with Crippen molar-refractivity contribution in [2.45, 2.75) is 46.2 Å². The second kappa shape index (κ2) is 4.36. The highest BCUT2D eigenvalue weighted by Crippen LogP contribution is 2.22. The highest BCUT2D eigenvalue weighted by Gasteiger charge is 2.19. The molecule has 0 radical (unpaired) electrons. The van der Waals surface area contributed by atoms with Crippen LogP contribution in [0.1, 0.15) is 37.0 Å². The zero-order valence-electron chi connectivity index (χ0n) is 10.1. The van der Waals surface area contributed by atoms with Gasteiger partial charge in [-0.05, 0) is 37.8 Å². The summed E-state index contributed by atoms with van der Waals surface area (Å²) in [5.74, 6) is 0. The van der Waals surface area contributed by atoms with Crippen molar-refractivity contribution in [3.8, 4) is 0 Å². The summed E-state index contributed by atoms with van der Waals surface area (Å²) in [7, 11) is 0. The first-order valence-electron chi connectivity index (χ1n) is 6.03. The van der Waals surface area contributed by atoms with Gasteiger partial charge in [0.25, 0.3) is 0 Å². The quantitative estimate of drug-likeness (QED) is 0.713. The number of nitrogens with zero attached hydrogens (tertiary/aromatic N) is 1. The summed E-state index contributed by atoms with van der Waals surface area (Å²) >= 11 is 0. The van der Waals surface area contributed by atoms with E-state index in [0.29, 0.717) is 0 Å². The van der Waals surface area contributed by atoms with E-state index in [2.05, 4.69) is 43.9 Å². The first kappa shape index (κ1) is 10.7. The first-order chi connectivity index (χ1) is 7.20. The molecule has 1 nitrogen and oxygen atoms in total. The van der Waals surface area contributed by atoms with Crippen LogP contribution in [0.4, 0.5) is 0 Å². The molecule has 1 aliphatic heterocycles. The van der Waals surface area contributed by atoms with Gasteiger partial charge in [0.15, 0.2) is 0 Å². The Kier molecular flexibility index (Phi) is 3.11. The van der Waals surface area contributed by atoms with E-state index in [-0.39, 0.29) is 0 Å². The molecule has 0 saturated carbocycles. The molecule has 0 aromatic heterocycles. The molecular weight excluding hydrogens is 182 g/mol. The minimum Gasteiger partial charge on any atom is -0.296 e. The molecular formula is C14H21N. The second-order valence-corrected chi connectivity index (χ2v) is 4.75. The maximum atomic E-state index is 2.60. The lowest BCUT2D eigenvalue weighted by molar-refractivity contribution is 0.186. The zero-order chi connectivity index (χ0) is 10.8. The van der Waals surface area contributed by atoms with Crippen molar-refractivity contribution in [3.63, 3.8) is 0 Å². The minimum absolute atomic E-state index is 0.721. The summed E-state index contributed by atoms with van der Waals surface area (Å²) in [6.45, 7) is 9.16. The Morgan fingerprint density at radius 3 is 2.87 bits per heavy atom. The van der Waals surface area contributed by atoms with E-state index in [1.807, 2.05) is 0 Å². The van der Waals surface area contributed by atoms with Crippen LogP contribution in [-0.4, -0.2) is 17.5 Å². The van der Waals surface area contributed by atoms with Gasteiger partial charge in [-0.25, -0.2) is 0 Å². The van der Waals surface area contributed by atoms with Gasteiger partial charge in [-0.3, -0.25) is 4.90 Å². The predicted octanol–water partition coefficient (Wildman–Crippen LogP) is 3.15. The van der Waals surface area contributed by atoms with Crippen LogP contribution < -0.4 is 0 Å². The molecule has 1 heterocycles. The number of aryl methyl sites for hydroxylation is 1. The molecule has 0 aliphatic carbocycles. The van der Waals surface area contributed by atoms with Gasteiger partial charge in [0.1, 0.15) is 0 Å². The molecule has 1 unspecified atom stereocenters. The van der Waals surface area contributed by atoms with Gasteiger partial charge >= 0.3 is 0 Å². The van der Waals surface area contributed by atoms with E-state index in [1.165, 1.54) is 24.9 Å². The smallest absolute Gasteiger partial charge is 0.0239 e. The van der Waals surface area contributed by atoms with Crippen molar-refractivity contribution in [1.82, 2.24) is 4.90 Å². The van der Waals surface area contributed by atoms with Crippen LogP contribution in [0.5, 0.6) is 0 Å². The first-order valence-corrected chi connectivity index (χ1v) is 6.03. The summed E-state index contributed by atoms with van der Waals surface area (Å²) in [5.41, 5.74) is 4.49. The lowest BCUT2D eigenvalue weighted by Gasteiger charge is -2.33. The molecule has 2 rings (SSSR count). The van der Waals surface area contributed by atoms with Gasteiger partial charge < -0.3 is 0 Å². The van der Waals surface area contributed by atoms with Gasteiger partial charge in [0.2, 0.25) is 0 Å². The van der Waals surface area contributed by atoms with Crippen LogP contribution >= 0.6 is 0 Å². The lowest BCUT2D eigenvalue weighted by atomic mass is 9.96. The number of rotatable bonds is 2. The summed E-state index contributed by atoms with van der Waals surface area (Å²) in [5, 5.41) is 0. The van der Waals surface area contributed by atoms with Crippen LogP contribution in [0, 0.1) is 6.92 Å². The van der Waals surface area contributed by atoms with Crippen molar-refractivity contribution >= 4 is 0 Å². The molecule has 1 aromatic carbocycles. The van der Waals surface area contributed by atoms with Crippen molar-refractivity contribution in [3.05, 3.63) is 34.9 Å². The van der Waals surface area contributed by atoms with Crippen LogP contribution in [0.3, 0.4) is 0 Å². The zero-order valence-corrected chi connectivity index (χ0v) is 10.1. The van der Waals surface area contributed by atoms with Gasteiger partial charge in [0, 0.05) is 19.1 Å². The number of fused-ring (bicyclic) bond motifs is 1. The molecule has 1 aromatic rings. The van der Waals surface area contributed by atoms with Gasteiger partial charge in [-0.2, -0.15) is 0 Å². The molecule has 0 N–H and O–H groups in total. The standard InChI is InChI=1S/C14H21N/c1-4-12(3)15-8-7-13-6-5-11(2)9-14(13)10-15/h5-6,9,12H,4,7-8,10H2,1-3H3. The molecule has 0 amide bonds. The maximum absolute atomic E-state index is 2.60. The maximum Gasteiger partial charge on any atom is 0.0239 e. The molecule has 15 heavy (non-hydrogen) atoms. The molecule has 0 bridgehead atoms. The third-order valence-electron chi connectivity index (χ3n) is 3.62. The SMILES string of the molecule is CCC(C)N1CCc2ccc(C)cc2C1. The Bertz CT molecular complexity index is 343. The molecule has 1 heteroatoms. The van der Waals surface area contributed by atoms with Gasteiger partial charge in [-0.1, -0.05) is 30.7 Å². The van der Waals surface area contributed by atoms with E-state index in [9.17, 15) is 0 Å². The Morgan fingerprint density at radius 2 is 2.13 bits per heavy atom. The van der Waals surface area contributed by atoms with E-state index < -0.39 is 0 Å². The van der Waals surface area contributed by atoms with E-state index in [0.717, 1.165) is 12.6 Å². The van der Waals surface area contributed by atoms with E-state index in [1.54, 1.807) is 11.1 Å². The number of hydrogen-bond acceptors (Lipinski definition) is 1. The third kappa shape index (κ3) is 2.23. The molecule has 0 saturated heterocycles. The van der Waals surface area contributed by atoms with Crippen molar-refractivity contribution < 1.29 is 0 Å². The minimum atomic E-state index is 0.721. The topological polar surface area (TPSA) is 3.24 Å². The Morgan fingerprint density at radius 1 is 1.33 bits per heavy atom. The van der Waals surface area contributed by atoms with Gasteiger partial charge in [-0.15, -0.1) is 0 Å². The summed E-state index contributed by atoms with van der Waals surface area (Å²) in [6, 6.07) is 7.61. The molecule has 0 fully saturated rings. The highest BCUT2D eigenvalue weighted by atomic mass is 15.1. The third-order valence-corrected chi connectivity index (χ3v) is 3.62. The second-order valence-electron chi connectivity index (χ2n) is 4.75. The van der Waals surface area contributed by atoms with Crippen molar-refractivity contribution in [2.24, 2.45) is 0 Å². The predicted molar refractivity (Wildman–Crippen MR) is 65.0 cm³/mol. The molecule has 82 valence electrons. The fourth-order valence-electron chi connectivity index (χ4n) is 2.34. The fourth-order valence-corrected chi connectivity index (χ4v) is 2.34. The summed E-state index contributed by atoms with van der Waals surface area (Å²) in [4.78, 5) is 2.60. The van der Waals surface area contributed by atoms with E-state index in [4.69, 9.17) is 0 Å². The van der Waals surface area contributed by atoms with Crippen LogP contribution in [0.25, 0.3) is 0 Å². The summed E-state index contributed by atoms with van der Waals surface area (Å²) in [6.07, 6.45) is 2.47. The highest BCUT2D eigenvalue weighted by molar-refractivity contribution is 5.33. The number of benzene rings is 1. The molecule has 0 spiro atoms. The van der Waals surface area contributed by atoms with Gasteiger partial charge in [0.05, 0.1) is 0 Å². The van der Waals surface area contributed by atoms with Crippen LogP contribution in [0.15, 0.2) is 18.2 Å². The average Bonchev–Trinajstić information content (AvgIpc) is 2.27. The monoisotopic (exact) mass is 203 g/mol. The fraction of sp³-hybridized carbons (Fsp3) is 0.571. The molecule has 1 aliphatic rings. The Labute approximate surface area is 93.1 Å². The number of hydrogen-bond donors (Lipinski definition) is 0. The largest absolute Gasteiger partial charge is 0.296 e. The summed E-state index contributed by atoms with van der Waals surface area (Å²) < 4.78 is 0. The lowest BCUT2D eigenvalue weighted by Crippen LogP contribution is -2.37. The Hall–Kier alpha value is -0.820. The van der Waals surface area contributed by atoms with Crippen molar-refractivity contribution in [1.29, 1.82) is 0 Å². The van der Waals surface area contributed by atoms with Crippen molar-refractivity contribution in [2.75, 3.05) is 6.54 Å². The molecule has 1 atom stereocenters. The Balaban J connectivity index is 2.18. The average molecular weight is 203 g/mol. The normalized spacial score (nSPS) is 18.6.